The van der Waals surface area contributed by atoms with Crippen molar-refractivity contribution in [1.29, 1.82) is 0 Å². The third-order valence-corrected chi connectivity index (χ3v) is 21.1. The van der Waals surface area contributed by atoms with E-state index in [1.54, 1.807) is 18.2 Å². The molecule has 5 amide bonds. The maximum Gasteiger partial charge on any atom is 0.279 e. The number of nitrogens with zero attached hydrogens (tertiary/aromatic N) is 2. The molecule has 0 aliphatic carbocycles. The van der Waals surface area contributed by atoms with Crippen molar-refractivity contribution in [2.45, 2.75) is 140 Å². The van der Waals surface area contributed by atoms with Crippen molar-refractivity contribution < 1.29 is 60.4 Å². The molecule has 4 heterocycles. The number of methoxy groups -OCH3 is 1. The number of Topliss-reactive ketones (excluding diaryl/α,β-unsaturated/α-hetero) is 2. The van der Waals surface area contributed by atoms with Crippen LogP contribution in [-0.4, -0.2) is 105 Å². The van der Waals surface area contributed by atoms with Gasteiger partial charge in [0.25, 0.3) is 21.9 Å². The molecule has 3 atom stereocenters. The summed E-state index contributed by atoms with van der Waals surface area (Å²) in [6, 6.07) is 29.3. The van der Waals surface area contributed by atoms with Gasteiger partial charge in [0.05, 0.1) is 20.8 Å². The Labute approximate surface area is 504 Å². The predicted octanol–water partition coefficient (Wildman–Crippen LogP) is 9.37. The standard InChI is InChI=1S/C64H73N5O13S3/c1-39-27-51-42(15-17-47-31-44-11-7-9-13-53(44)68(47)62(51)75)33-55(39)81-37-40-28-41(38-82-57-34-43-16-18-48-32-45-12-8-10-14-54(45)69(48)63(76)52(43)35-56(57)79-5)30-46(29-40)67-60(73)22-20-50(71)36-66-59(72)21-19-49(70)23-25-64(2,3)84-83-26-24-58(61(74)65-4)85(77,78)80-6/h7-14,27-30,33-35,47-48,58H,15-26,31-32,36-38H2,1-6H3,(H,65,74)(H,66,72)(H,67,73)/t47-,48-,58?/m1/s1. The highest BCUT2D eigenvalue weighted by Gasteiger charge is 2.39. The van der Waals surface area contributed by atoms with Gasteiger partial charge in [0.1, 0.15) is 24.7 Å². The minimum atomic E-state index is -4.06. The number of hydrogen-bond acceptors (Lipinski definition) is 15. The third kappa shape index (κ3) is 15.1. The van der Waals surface area contributed by atoms with Crippen LogP contribution in [-0.2, 0) is 77.2 Å². The van der Waals surface area contributed by atoms with Crippen LogP contribution in [0.4, 0.5) is 17.1 Å². The molecule has 18 nitrogen and oxygen atoms in total. The number of para-hydroxylation sites is 2. The molecular formula is C64H73N5O13S3. The minimum Gasteiger partial charge on any atom is -0.493 e. The highest BCUT2D eigenvalue weighted by atomic mass is 33.1. The Morgan fingerprint density at radius 1 is 0.682 bits per heavy atom. The molecule has 3 N–H and O–H groups in total. The first-order valence-electron chi connectivity index (χ1n) is 28.7. The van der Waals surface area contributed by atoms with Gasteiger partial charge in [-0.2, -0.15) is 8.42 Å². The number of nitrogens with one attached hydrogen (secondary N) is 3. The van der Waals surface area contributed by atoms with Crippen LogP contribution in [0.25, 0.3) is 0 Å². The molecule has 0 saturated heterocycles. The molecule has 5 aromatic carbocycles. The molecule has 4 aliphatic rings. The zero-order valence-electron chi connectivity index (χ0n) is 48.8. The number of anilines is 3. The van der Waals surface area contributed by atoms with Gasteiger partial charge < -0.3 is 40.0 Å². The normalized spacial score (nSPS) is 16.3. The largest absolute Gasteiger partial charge is 0.493 e. The molecule has 0 radical (unpaired) electrons. The number of carbonyl (C=O) groups excluding carboxylic acids is 7. The summed E-state index contributed by atoms with van der Waals surface area (Å²) in [7, 11) is 2.73. The number of fused-ring (bicyclic) bond motifs is 8. The molecule has 4 aliphatic heterocycles. The molecule has 0 saturated carbocycles. The van der Waals surface area contributed by atoms with Crippen LogP contribution in [0.15, 0.2) is 91.0 Å². The fraction of sp³-hybridized carbons (Fsp3) is 0.422. The Kier molecular flexibility index (Phi) is 20.1. The van der Waals surface area contributed by atoms with Gasteiger partial charge in [-0.25, -0.2) is 0 Å². The van der Waals surface area contributed by atoms with Gasteiger partial charge in [-0.1, -0.05) is 58.0 Å². The van der Waals surface area contributed by atoms with Crippen LogP contribution in [0, 0.1) is 6.92 Å². The number of benzene rings is 5. The Hall–Kier alpha value is -7.20. The summed E-state index contributed by atoms with van der Waals surface area (Å²) in [5.74, 6) is -0.288. The Morgan fingerprint density at radius 3 is 1.85 bits per heavy atom. The number of carbonyl (C=O) groups is 7. The van der Waals surface area contributed by atoms with Gasteiger partial charge in [0, 0.05) is 89.9 Å². The second-order valence-corrected chi connectivity index (χ2v) is 27.6. The molecular weight excluding hydrogens is 1140 g/mol. The summed E-state index contributed by atoms with van der Waals surface area (Å²) in [6.45, 7) is 5.68. The third-order valence-electron chi connectivity index (χ3n) is 16.1. The van der Waals surface area contributed by atoms with Gasteiger partial charge in [-0.3, -0.25) is 37.7 Å². The topological polar surface area (TPSA) is 233 Å². The number of aryl methyl sites for hydroxylation is 3. The van der Waals surface area contributed by atoms with Crippen molar-refractivity contribution in [3.8, 4) is 17.2 Å². The van der Waals surface area contributed by atoms with Crippen LogP contribution in [0.1, 0.15) is 131 Å². The highest BCUT2D eigenvalue weighted by molar-refractivity contribution is 8.77. The van der Waals surface area contributed by atoms with Crippen molar-refractivity contribution in [3.05, 3.63) is 141 Å². The van der Waals surface area contributed by atoms with Crippen molar-refractivity contribution in [2.75, 3.05) is 48.7 Å². The summed E-state index contributed by atoms with van der Waals surface area (Å²) in [5.41, 5.74) is 9.90. The zero-order valence-corrected chi connectivity index (χ0v) is 51.3. The lowest BCUT2D eigenvalue weighted by Crippen LogP contribution is -2.39. The number of rotatable bonds is 27. The summed E-state index contributed by atoms with van der Waals surface area (Å²) >= 11 is 0. The van der Waals surface area contributed by atoms with E-state index < -0.39 is 33.1 Å². The SMILES string of the molecule is CNC(=O)C(CCSSC(C)(C)CCC(=O)CCC(=O)NCC(=O)CCC(=O)Nc1cc(COc2cc3c(cc2C)C(=O)N2c4ccccc4C[C@H]2CC3)cc(COc2cc3c(cc2OC)C(=O)N2c4ccccc4C[C@H]2CC3)c1)S(=O)(=O)OC. The Morgan fingerprint density at radius 2 is 1.25 bits per heavy atom. The van der Waals surface area contributed by atoms with Gasteiger partial charge in [-0.15, -0.1) is 0 Å². The Balaban J connectivity index is 0.804. The van der Waals surface area contributed by atoms with E-state index in [9.17, 15) is 42.0 Å². The lowest BCUT2D eigenvalue weighted by Gasteiger charge is -2.23. The molecule has 0 spiro atoms. The minimum absolute atomic E-state index is 0.0132. The quantitative estimate of drug-likeness (QED) is 0.0252. The van der Waals surface area contributed by atoms with Crippen LogP contribution < -0.4 is 40.0 Å². The Bertz CT molecular complexity index is 3520. The lowest BCUT2D eigenvalue weighted by atomic mass is 9.98. The van der Waals surface area contributed by atoms with Gasteiger partial charge in [-0.05, 0) is 166 Å². The van der Waals surface area contributed by atoms with Crippen molar-refractivity contribution in [3.63, 3.8) is 0 Å². The van der Waals surface area contributed by atoms with Crippen LogP contribution in [0.5, 0.6) is 17.2 Å². The van der Waals surface area contributed by atoms with E-state index in [2.05, 4.69) is 32.3 Å². The van der Waals surface area contributed by atoms with E-state index in [1.165, 1.54) is 41.3 Å². The van der Waals surface area contributed by atoms with Crippen LogP contribution >= 0.6 is 21.6 Å². The summed E-state index contributed by atoms with van der Waals surface area (Å²) < 4.78 is 47.5. The maximum atomic E-state index is 14.2. The van der Waals surface area contributed by atoms with Crippen molar-refractivity contribution in [2.24, 2.45) is 0 Å². The van der Waals surface area contributed by atoms with E-state index in [0.717, 1.165) is 66.4 Å². The van der Waals surface area contributed by atoms with Crippen LogP contribution in [0.2, 0.25) is 0 Å². The van der Waals surface area contributed by atoms with E-state index in [1.807, 2.05) is 91.2 Å². The number of ketones is 2. The van der Waals surface area contributed by atoms with E-state index in [0.29, 0.717) is 70.2 Å². The molecule has 9 rings (SSSR count). The molecule has 0 bridgehead atoms. The second kappa shape index (κ2) is 27.4. The molecule has 0 fully saturated rings. The van der Waals surface area contributed by atoms with E-state index in [4.69, 9.17) is 14.2 Å². The summed E-state index contributed by atoms with van der Waals surface area (Å²) in [4.78, 5) is 96.3. The molecule has 1 unspecified atom stereocenters. The van der Waals surface area contributed by atoms with Crippen LogP contribution in [0.3, 0.4) is 0 Å². The maximum absolute atomic E-state index is 14.2. The molecule has 0 aromatic heterocycles. The fourth-order valence-corrected chi connectivity index (χ4v) is 15.3. The lowest BCUT2D eigenvalue weighted by molar-refractivity contribution is -0.127. The van der Waals surface area contributed by atoms with Gasteiger partial charge in [0.2, 0.25) is 17.7 Å². The zero-order chi connectivity index (χ0) is 60.6. The number of amides is 5. The first kappa shape index (κ1) is 62.3. The second-order valence-electron chi connectivity index (χ2n) is 22.6. The fourth-order valence-electron chi connectivity index (χ4n) is 11.5. The van der Waals surface area contributed by atoms with Crippen molar-refractivity contribution >= 4 is 89.9 Å². The molecule has 5 aromatic rings. The van der Waals surface area contributed by atoms with E-state index >= 15 is 0 Å². The first-order chi connectivity index (χ1) is 40.7. The van der Waals surface area contributed by atoms with Gasteiger partial charge in [0.15, 0.2) is 22.5 Å². The van der Waals surface area contributed by atoms with Crippen molar-refractivity contribution in [1.82, 2.24) is 10.6 Å². The summed E-state index contributed by atoms with van der Waals surface area (Å²) in [6.07, 6.45) is 4.89. The predicted molar refractivity (Wildman–Crippen MR) is 329 cm³/mol. The molecule has 85 heavy (non-hydrogen) atoms. The van der Waals surface area contributed by atoms with Gasteiger partial charge >= 0.3 is 0 Å². The average Bonchev–Trinajstić information content (AvgIpc) is 2.03. The van der Waals surface area contributed by atoms with E-state index in [-0.39, 0.29) is 98.5 Å². The number of hydrogen-bond donors (Lipinski definition) is 3. The monoisotopic (exact) mass is 1220 g/mol. The number of ether oxygens (including phenoxy) is 3. The highest BCUT2D eigenvalue weighted by Crippen LogP contribution is 2.43. The molecule has 21 heteroatoms. The smallest absolute Gasteiger partial charge is 0.279 e. The first-order valence-corrected chi connectivity index (χ1v) is 32.5. The summed E-state index contributed by atoms with van der Waals surface area (Å²) in [5, 5.41) is 6.53. The average molecular weight is 1220 g/mol. The molecule has 450 valence electrons.